The number of nitrogens with one attached hydrogen (secondary N) is 2. The number of carbonyl (C=O) groups is 3. The van der Waals surface area contributed by atoms with Gasteiger partial charge < -0.3 is 15.4 Å². The van der Waals surface area contributed by atoms with Gasteiger partial charge in [0.15, 0.2) is 0 Å². The lowest BCUT2D eigenvalue weighted by molar-refractivity contribution is -0.134. The Labute approximate surface area is 162 Å². The summed E-state index contributed by atoms with van der Waals surface area (Å²) in [5, 5.41) is 5.55. The highest BCUT2D eigenvalue weighted by Crippen LogP contribution is 2.41. The van der Waals surface area contributed by atoms with Gasteiger partial charge in [-0.05, 0) is 54.7 Å². The molecular formula is C21H21N3O4. The van der Waals surface area contributed by atoms with E-state index in [0.29, 0.717) is 17.9 Å². The minimum atomic E-state index is -1.11. The monoisotopic (exact) mass is 379 g/mol. The van der Waals surface area contributed by atoms with Crippen LogP contribution < -0.4 is 15.4 Å². The molecule has 0 bridgehead atoms. The number of para-hydroxylation sites is 1. The van der Waals surface area contributed by atoms with Gasteiger partial charge in [0.1, 0.15) is 17.8 Å². The summed E-state index contributed by atoms with van der Waals surface area (Å²) in [4.78, 5) is 39.2. The van der Waals surface area contributed by atoms with Crippen molar-refractivity contribution in [2.45, 2.75) is 24.8 Å². The summed E-state index contributed by atoms with van der Waals surface area (Å²) < 4.78 is 5.27. The van der Waals surface area contributed by atoms with Crippen LogP contribution in [0.5, 0.6) is 5.75 Å². The second-order valence-electron chi connectivity index (χ2n) is 7.02. The zero-order valence-corrected chi connectivity index (χ0v) is 15.5. The molecule has 0 saturated carbocycles. The fraction of sp³-hybridized carbons (Fsp3) is 0.286. The van der Waals surface area contributed by atoms with Crippen LogP contribution in [0.2, 0.25) is 0 Å². The maximum Gasteiger partial charge on any atom is 0.325 e. The van der Waals surface area contributed by atoms with Gasteiger partial charge in [0.05, 0.1) is 7.11 Å². The number of amides is 4. The third kappa shape index (κ3) is 2.98. The summed E-state index contributed by atoms with van der Waals surface area (Å²) in [6.45, 7) is -0.327. The van der Waals surface area contributed by atoms with Crippen molar-refractivity contribution in [2.75, 3.05) is 19.0 Å². The minimum absolute atomic E-state index is 0.327. The molecule has 2 aliphatic rings. The molecule has 1 spiro atoms. The normalized spacial score (nSPS) is 20.7. The van der Waals surface area contributed by atoms with E-state index < -0.39 is 17.5 Å². The van der Waals surface area contributed by atoms with Gasteiger partial charge in [0, 0.05) is 5.69 Å². The van der Waals surface area contributed by atoms with Crippen molar-refractivity contribution in [3.63, 3.8) is 0 Å². The first kappa shape index (κ1) is 18.0. The quantitative estimate of drug-likeness (QED) is 0.799. The highest BCUT2D eigenvalue weighted by atomic mass is 16.5. The molecule has 1 saturated heterocycles. The fourth-order valence-corrected chi connectivity index (χ4v) is 3.99. The van der Waals surface area contributed by atoms with Crippen molar-refractivity contribution in [1.82, 2.24) is 10.2 Å². The Morgan fingerprint density at radius 3 is 2.75 bits per heavy atom. The van der Waals surface area contributed by atoms with Crippen molar-refractivity contribution < 1.29 is 19.1 Å². The largest absolute Gasteiger partial charge is 0.497 e. The van der Waals surface area contributed by atoms with Gasteiger partial charge in [-0.1, -0.05) is 24.3 Å². The van der Waals surface area contributed by atoms with Crippen LogP contribution in [0.25, 0.3) is 0 Å². The molecule has 1 aliphatic carbocycles. The van der Waals surface area contributed by atoms with Gasteiger partial charge in [0.2, 0.25) is 5.91 Å². The lowest BCUT2D eigenvalue weighted by Crippen LogP contribution is -2.47. The van der Waals surface area contributed by atoms with E-state index in [1.807, 2.05) is 18.2 Å². The number of urea groups is 1. The van der Waals surface area contributed by atoms with Crippen LogP contribution in [-0.4, -0.2) is 36.4 Å². The molecule has 1 unspecified atom stereocenters. The van der Waals surface area contributed by atoms with E-state index in [1.165, 1.54) is 0 Å². The number of imide groups is 1. The molecule has 0 radical (unpaired) electrons. The van der Waals surface area contributed by atoms with Crippen LogP contribution in [-0.2, 0) is 21.5 Å². The Hall–Kier alpha value is -3.35. The number of rotatable bonds is 4. The molecule has 1 atom stereocenters. The molecule has 0 aromatic heterocycles. The molecule has 1 fully saturated rings. The van der Waals surface area contributed by atoms with Gasteiger partial charge in [-0.2, -0.15) is 0 Å². The Bertz CT molecular complexity index is 944. The third-order valence-electron chi connectivity index (χ3n) is 5.31. The highest BCUT2D eigenvalue weighted by Gasteiger charge is 2.54. The summed E-state index contributed by atoms with van der Waals surface area (Å²) in [6.07, 6.45) is 2.08. The van der Waals surface area contributed by atoms with Crippen LogP contribution in [0, 0.1) is 0 Å². The van der Waals surface area contributed by atoms with Gasteiger partial charge in [-0.3, -0.25) is 14.5 Å². The topological polar surface area (TPSA) is 87.7 Å². The number of fused-ring (bicyclic) bond motifs is 2. The third-order valence-corrected chi connectivity index (χ3v) is 5.31. The molecule has 28 heavy (non-hydrogen) atoms. The second-order valence-corrected chi connectivity index (χ2v) is 7.02. The predicted molar refractivity (Wildman–Crippen MR) is 103 cm³/mol. The Morgan fingerprint density at radius 2 is 2.00 bits per heavy atom. The number of benzene rings is 2. The molecule has 2 N–H and O–H groups in total. The Balaban J connectivity index is 1.57. The van der Waals surface area contributed by atoms with E-state index in [-0.39, 0.29) is 12.5 Å². The molecule has 144 valence electrons. The number of ether oxygens (including phenoxy) is 1. The first-order chi connectivity index (χ1) is 13.5. The predicted octanol–water partition coefficient (Wildman–Crippen LogP) is 2.42. The van der Waals surface area contributed by atoms with Crippen molar-refractivity contribution in [3.05, 3.63) is 59.7 Å². The van der Waals surface area contributed by atoms with Crippen LogP contribution in [0.4, 0.5) is 10.5 Å². The number of carbonyl (C=O) groups excluding carboxylic acids is 3. The molecule has 4 amide bonds. The van der Waals surface area contributed by atoms with E-state index in [9.17, 15) is 14.4 Å². The van der Waals surface area contributed by atoms with Gasteiger partial charge in [-0.25, -0.2) is 4.79 Å². The maximum absolute atomic E-state index is 13.2. The van der Waals surface area contributed by atoms with E-state index in [0.717, 1.165) is 28.9 Å². The molecule has 7 nitrogen and oxygen atoms in total. The van der Waals surface area contributed by atoms with Gasteiger partial charge in [-0.15, -0.1) is 0 Å². The molecule has 1 aliphatic heterocycles. The van der Waals surface area contributed by atoms with Crippen molar-refractivity contribution in [2.24, 2.45) is 0 Å². The minimum Gasteiger partial charge on any atom is -0.497 e. The molecule has 2 aromatic carbocycles. The van der Waals surface area contributed by atoms with Crippen molar-refractivity contribution >= 4 is 23.5 Å². The van der Waals surface area contributed by atoms with Crippen LogP contribution in [0.15, 0.2) is 48.5 Å². The maximum atomic E-state index is 13.2. The van der Waals surface area contributed by atoms with Crippen LogP contribution >= 0.6 is 0 Å². The zero-order chi connectivity index (χ0) is 19.7. The molecule has 7 heteroatoms. The number of methoxy groups -OCH3 is 1. The summed E-state index contributed by atoms with van der Waals surface area (Å²) in [7, 11) is 1.59. The lowest BCUT2D eigenvalue weighted by Gasteiger charge is -2.33. The Morgan fingerprint density at radius 1 is 1.21 bits per heavy atom. The molecule has 1 heterocycles. The first-order valence-corrected chi connectivity index (χ1v) is 9.20. The zero-order valence-electron chi connectivity index (χ0n) is 15.5. The molecule has 2 aromatic rings. The number of hydrogen-bond acceptors (Lipinski definition) is 4. The van der Waals surface area contributed by atoms with Crippen LogP contribution in [0.1, 0.15) is 24.0 Å². The van der Waals surface area contributed by atoms with E-state index in [4.69, 9.17) is 4.74 Å². The standard InChI is InChI=1S/C21H21N3O4/c1-28-16-9-10-17-14(12-16)6-5-11-21(17)19(26)24(20(27)23-21)13-18(25)22-15-7-3-2-4-8-15/h2-4,7-10,12H,5-6,11,13H2,1H3,(H,22,25)(H,23,27). The van der Waals surface area contributed by atoms with Gasteiger partial charge in [0.25, 0.3) is 5.91 Å². The van der Waals surface area contributed by atoms with Gasteiger partial charge >= 0.3 is 6.03 Å². The molecular weight excluding hydrogens is 358 g/mol. The van der Waals surface area contributed by atoms with Crippen molar-refractivity contribution in [3.8, 4) is 5.75 Å². The number of anilines is 1. The summed E-state index contributed by atoms with van der Waals surface area (Å²) in [6, 6.07) is 13.9. The number of aryl methyl sites for hydroxylation is 1. The lowest BCUT2D eigenvalue weighted by atomic mass is 9.76. The highest BCUT2D eigenvalue weighted by molar-refractivity contribution is 6.10. The second kappa shape index (κ2) is 6.99. The fourth-order valence-electron chi connectivity index (χ4n) is 3.99. The Kier molecular flexibility index (Phi) is 4.50. The van der Waals surface area contributed by atoms with E-state index >= 15 is 0 Å². The smallest absolute Gasteiger partial charge is 0.325 e. The average molecular weight is 379 g/mol. The SMILES string of the molecule is COc1ccc2c(c1)CCCC21NC(=O)N(CC(=O)Nc2ccccc2)C1=O. The summed E-state index contributed by atoms with van der Waals surface area (Å²) >= 11 is 0. The number of hydrogen-bond donors (Lipinski definition) is 2. The van der Waals surface area contributed by atoms with Crippen LogP contribution in [0.3, 0.4) is 0 Å². The molecule has 4 rings (SSSR count). The summed E-state index contributed by atoms with van der Waals surface area (Å²) in [5.41, 5.74) is 1.27. The average Bonchev–Trinajstić information content (AvgIpc) is 2.93. The number of nitrogens with zero attached hydrogens (tertiary/aromatic N) is 1. The van der Waals surface area contributed by atoms with E-state index in [1.54, 1.807) is 37.4 Å². The first-order valence-electron chi connectivity index (χ1n) is 9.20. The summed E-state index contributed by atoms with van der Waals surface area (Å²) in [5.74, 6) is -0.0870. The van der Waals surface area contributed by atoms with E-state index in [2.05, 4.69) is 10.6 Å². The van der Waals surface area contributed by atoms with Crippen molar-refractivity contribution in [1.29, 1.82) is 0 Å².